The molecule has 1 N–H and O–H groups in total. The molecule has 0 saturated heterocycles. The smallest absolute Gasteiger partial charge is 0.129 e. The van der Waals surface area contributed by atoms with Crippen LogP contribution >= 0.6 is 11.3 Å². The van der Waals surface area contributed by atoms with Crippen LogP contribution in [0.1, 0.15) is 24.4 Å². The summed E-state index contributed by atoms with van der Waals surface area (Å²) in [6.07, 6.45) is 0. The van der Waals surface area contributed by atoms with Crippen molar-refractivity contribution < 1.29 is 9.47 Å². The molecule has 21 heavy (non-hydrogen) atoms. The van der Waals surface area contributed by atoms with Gasteiger partial charge in [-0.15, -0.1) is 11.3 Å². The number of aromatic nitrogens is 1. The fourth-order valence-electron chi connectivity index (χ4n) is 2.11. The van der Waals surface area contributed by atoms with Gasteiger partial charge in [-0.1, -0.05) is 0 Å². The summed E-state index contributed by atoms with van der Waals surface area (Å²) in [4.78, 5) is 4.66. The first kappa shape index (κ1) is 15.8. The molecule has 0 aliphatic rings. The third kappa shape index (κ3) is 3.74. The van der Waals surface area contributed by atoms with Gasteiger partial charge in [-0.3, -0.25) is 0 Å². The Morgan fingerprint density at radius 1 is 1.14 bits per heavy atom. The molecule has 0 aliphatic carbocycles. The Morgan fingerprint density at radius 2 is 1.86 bits per heavy atom. The average molecular weight is 306 g/mol. The molecule has 0 unspecified atom stereocenters. The number of thiazole rings is 1. The SMILES string of the molecule is CCOc1cc(-c2csc(CNC)n2)c(OCC)cc1C. The Morgan fingerprint density at radius 3 is 2.52 bits per heavy atom. The van der Waals surface area contributed by atoms with Crippen molar-refractivity contribution in [2.45, 2.75) is 27.3 Å². The van der Waals surface area contributed by atoms with Gasteiger partial charge in [-0.25, -0.2) is 4.98 Å². The highest BCUT2D eigenvalue weighted by Gasteiger charge is 2.14. The van der Waals surface area contributed by atoms with Crippen LogP contribution in [0.2, 0.25) is 0 Å². The van der Waals surface area contributed by atoms with E-state index in [2.05, 4.69) is 15.7 Å². The van der Waals surface area contributed by atoms with E-state index < -0.39 is 0 Å². The molecule has 0 aliphatic heterocycles. The van der Waals surface area contributed by atoms with Crippen molar-refractivity contribution in [1.82, 2.24) is 10.3 Å². The van der Waals surface area contributed by atoms with Gasteiger partial charge in [0.05, 0.1) is 18.9 Å². The Hall–Kier alpha value is -1.59. The molecule has 5 heteroatoms. The van der Waals surface area contributed by atoms with Crippen molar-refractivity contribution in [3.05, 3.63) is 28.1 Å². The van der Waals surface area contributed by atoms with E-state index in [1.54, 1.807) is 11.3 Å². The van der Waals surface area contributed by atoms with Crippen LogP contribution < -0.4 is 14.8 Å². The summed E-state index contributed by atoms with van der Waals surface area (Å²) in [6.45, 7) is 8.07. The lowest BCUT2D eigenvalue weighted by molar-refractivity contribution is 0.329. The zero-order valence-electron chi connectivity index (χ0n) is 13.0. The lowest BCUT2D eigenvalue weighted by Crippen LogP contribution is -2.04. The molecule has 4 nitrogen and oxygen atoms in total. The summed E-state index contributed by atoms with van der Waals surface area (Å²) in [5, 5.41) is 6.25. The number of hydrogen-bond acceptors (Lipinski definition) is 5. The predicted octanol–water partition coefficient (Wildman–Crippen LogP) is 3.64. The molecule has 0 bridgehead atoms. The van der Waals surface area contributed by atoms with Crippen LogP contribution in [0.25, 0.3) is 11.3 Å². The van der Waals surface area contributed by atoms with Crippen molar-refractivity contribution in [1.29, 1.82) is 0 Å². The monoisotopic (exact) mass is 306 g/mol. The lowest BCUT2D eigenvalue weighted by Gasteiger charge is -2.14. The van der Waals surface area contributed by atoms with Crippen LogP contribution in [0, 0.1) is 6.92 Å². The molecule has 114 valence electrons. The van der Waals surface area contributed by atoms with Crippen molar-refractivity contribution in [3.8, 4) is 22.8 Å². The quantitative estimate of drug-likeness (QED) is 0.848. The molecule has 1 aromatic carbocycles. The fraction of sp³-hybridized carbons (Fsp3) is 0.438. The molecule has 0 fully saturated rings. The Balaban J connectivity index is 2.44. The number of benzene rings is 1. The summed E-state index contributed by atoms with van der Waals surface area (Å²) < 4.78 is 11.5. The summed E-state index contributed by atoms with van der Waals surface area (Å²) >= 11 is 1.65. The maximum Gasteiger partial charge on any atom is 0.129 e. The molecule has 2 rings (SSSR count). The predicted molar refractivity (Wildman–Crippen MR) is 87.4 cm³/mol. The molecule has 0 atom stereocenters. The largest absolute Gasteiger partial charge is 0.494 e. The second kappa shape index (κ2) is 7.43. The molecule has 0 amide bonds. The van der Waals surface area contributed by atoms with E-state index in [1.807, 2.05) is 40.0 Å². The third-order valence-electron chi connectivity index (χ3n) is 3.03. The summed E-state index contributed by atoms with van der Waals surface area (Å²) in [5.41, 5.74) is 3.01. The lowest BCUT2D eigenvalue weighted by atomic mass is 10.1. The molecule has 0 radical (unpaired) electrons. The minimum atomic E-state index is 0.633. The maximum absolute atomic E-state index is 5.77. The Kier molecular flexibility index (Phi) is 5.59. The topological polar surface area (TPSA) is 43.4 Å². The minimum absolute atomic E-state index is 0.633. The number of aryl methyl sites for hydroxylation is 1. The van der Waals surface area contributed by atoms with E-state index in [4.69, 9.17) is 9.47 Å². The highest BCUT2D eigenvalue weighted by molar-refractivity contribution is 7.09. The van der Waals surface area contributed by atoms with Gasteiger partial charge in [0.1, 0.15) is 16.5 Å². The second-order valence-electron chi connectivity index (χ2n) is 4.64. The van der Waals surface area contributed by atoms with E-state index >= 15 is 0 Å². The van der Waals surface area contributed by atoms with E-state index in [-0.39, 0.29) is 0 Å². The van der Waals surface area contributed by atoms with Gasteiger partial charge in [-0.05, 0) is 45.5 Å². The number of hydrogen-bond donors (Lipinski definition) is 1. The van der Waals surface area contributed by atoms with Gasteiger partial charge in [0.15, 0.2) is 0 Å². The number of rotatable bonds is 7. The van der Waals surface area contributed by atoms with Crippen molar-refractivity contribution in [3.63, 3.8) is 0 Å². The van der Waals surface area contributed by atoms with Crippen molar-refractivity contribution in [2.75, 3.05) is 20.3 Å². The molecular formula is C16H22N2O2S. The van der Waals surface area contributed by atoms with Gasteiger partial charge in [0.25, 0.3) is 0 Å². The molecule has 1 aromatic heterocycles. The van der Waals surface area contributed by atoms with Gasteiger partial charge in [0.2, 0.25) is 0 Å². The summed E-state index contributed by atoms with van der Waals surface area (Å²) in [5.74, 6) is 1.75. The van der Waals surface area contributed by atoms with E-state index in [0.717, 1.165) is 39.9 Å². The van der Waals surface area contributed by atoms with Crippen LogP contribution in [-0.4, -0.2) is 25.2 Å². The van der Waals surface area contributed by atoms with Gasteiger partial charge >= 0.3 is 0 Å². The minimum Gasteiger partial charge on any atom is -0.494 e. The van der Waals surface area contributed by atoms with Gasteiger partial charge < -0.3 is 14.8 Å². The standard InChI is InChI=1S/C16H22N2O2S/c1-5-19-14-8-12(15(20-6-2)7-11(14)3)13-10-21-16(18-13)9-17-4/h7-8,10,17H,5-6,9H2,1-4H3. The average Bonchev–Trinajstić information content (AvgIpc) is 2.91. The van der Waals surface area contributed by atoms with E-state index in [1.165, 1.54) is 0 Å². The van der Waals surface area contributed by atoms with Crippen LogP contribution in [0.4, 0.5) is 0 Å². The maximum atomic E-state index is 5.77. The molecule has 2 aromatic rings. The molecular weight excluding hydrogens is 284 g/mol. The number of nitrogens with zero attached hydrogens (tertiary/aromatic N) is 1. The van der Waals surface area contributed by atoms with E-state index in [9.17, 15) is 0 Å². The number of ether oxygens (including phenoxy) is 2. The zero-order valence-corrected chi connectivity index (χ0v) is 13.8. The molecule has 0 saturated carbocycles. The summed E-state index contributed by atoms with van der Waals surface area (Å²) in [6, 6.07) is 4.06. The van der Waals surface area contributed by atoms with Crippen LogP contribution in [0.3, 0.4) is 0 Å². The summed E-state index contributed by atoms with van der Waals surface area (Å²) in [7, 11) is 1.92. The normalized spacial score (nSPS) is 10.7. The first-order valence-electron chi connectivity index (χ1n) is 7.19. The van der Waals surface area contributed by atoms with Gasteiger partial charge in [0, 0.05) is 17.5 Å². The first-order valence-corrected chi connectivity index (χ1v) is 8.07. The highest BCUT2D eigenvalue weighted by Crippen LogP contribution is 2.36. The Labute approximate surface area is 130 Å². The van der Waals surface area contributed by atoms with Crippen molar-refractivity contribution in [2.24, 2.45) is 0 Å². The molecule has 1 heterocycles. The zero-order chi connectivity index (χ0) is 15.2. The number of nitrogens with one attached hydrogen (secondary N) is 1. The van der Waals surface area contributed by atoms with Crippen LogP contribution in [0.5, 0.6) is 11.5 Å². The van der Waals surface area contributed by atoms with E-state index in [0.29, 0.717) is 13.2 Å². The molecule has 0 spiro atoms. The van der Waals surface area contributed by atoms with Crippen LogP contribution in [-0.2, 0) is 6.54 Å². The fourth-order valence-corrected chi connectivity index (χ4v) is 2.92. The first-order chi connectivity index (χ1) is 10.2. The third-order valence-corrected chi connectivity index (χ3v) is 3.88. The van der Waals surface area contributed by atoms with Crippen LogP contribution in [0.15, 0.2) is 17.5 Å². The van der Waals surface area contributed by atoms with Gasteiger partial charge in [-0.2, -0.15) is 0 Å². The van der Waals surface area contributed by atoms with Crippen molar-refractivity contribution >= 4 is 11.3 Å². The highest BCUT2D eigenvalue weighted by atomic mass is 32.1. The Bertz CT molecular complexity index is 596. The second-order valence-corrected chi connectivity index (χ2v) is 5.58.